The van der Waals surface area contributed by atoms with Gasteiger partial charge in [-0.2, -0.15) is 0 Å². The first-order chi connectivity index (χ1) is 5.16. The third kappa shape index (κ3) is 1.60. The van der Waals surface area contributed by atoms with E-state index in [-0.39, 0.29) is 9.94 Å². The Balaban J connectivity index is 3.25. The third-order valence-electron chi connectivity index (χ3n) is 1.20. The van der Waals surface area contributed by atoms with Crippen molar-refractivity contribution in [2.75, 3.05) is 0 Å². The summed E-state index contributed by atoms with van der Waals surface area (Å²) < 4.78 is 25.3. The molecule has 1 radical (unpaired) electrons. The van der Waals surface area contributed by atoms with Gasteiger partial charge in [-0.1, -0.05) is 6.07 Å². The molecule has 0 heterocycles. The average molecular weight is 220 g/mol. The molecule has 0 aromatic heterocycles. The van der Waals surface area contributed by atoms with E-state index in [9.17, 15) is 8.78 Å². The Kier molecular flexibility index (Phi) is 2.62. The molecule has 0 atom stereocenters. The van der Waals surface area contributed by atoms with Crippen LogP contribution in [0.3, 0.4) is 0 Å². The molecular formula is C6H3BBrF2O. The molecular weight excluding hydrogens is 217 g/mol. The molecule has 5 heteroatoms. The van der Waals surface area contributed by atoms with Crippen molar-refractivity contribution in [1.29, 1.82) is 0 Å². The molecule has 0 aliphatic heterocycles. The zero-order valence-corrected chi connectivity index (χ0v) is 6.90. The van der Waals surface area contributed by atoms with Gasteiger partial charge < -0.3 is 5.02 Å². The molecule has 57 valence electrons. The Morgan fingerprint density at radius 1 is 1.27 bits per heavy atom. The van der Waals surface area contributed by atoms with Crippen LogP contribution in [0.15, 0.2) is 16.6 Å². The fraction of sp³-hybridized carbons (Fsp3) is 0. The minimum atomic E-state index is -1.05. The van der Waals surface area contributed by atoms with Gasteiger partial charge in [-0.05, 0) is 27.5 Å². The maximum atomic E-state index is 12.7. The van der Waals surface area contributed by atoms with Crippen molar-refractivity contribution >= 4 is 28.9 Å². The molecule has 0 fully saturated rings. The summed E-state index contributed by atoms with van der Waals surface area (Å²) in [4.78, 5) is 0. The van der Waals surface area contributed by atoms with Gasteiger partial charge in [0, 0.05) is 0 Å². The van der Waals surface area contributed by atoms with Crippen LogP contribution in [0.2, 0.25) is 0 Å². The van der Waals surface area contributed by atoms with Gasteiger partial charge in [0.2, 0.25) is 0 Å². The summed E-state index contributed by atoms with van der Waals surface area (Å²) in [6, 6.07) is 2.59. The number of halogens is 3. The lowest BCUT2D eigenvalue weighted by atomic mass is 9.88. The smallest absolute Gasteiger partial charge is 0.329 e. The quantitative estimate of drug-likeness (QED) is 0.551. The Labute approximate surface area is 71.4 Å². The Morgan fingerprint density at radius 3 is 2.45 bits per heavy atom. The maximum Gasteiger partial charge on any atom is 0.329 e. The second-order valence-corrected chi connectivity index (χ2v) is 2.75. The fourth-order valence-electron chi connectivity index (χ4n) is 0.641. The number of hydrogen-bond acceptors (Lipinski definition) is 1. The van der Waals surface area contributed by atoms with Gasteiger partial charge in [0.15, 0.2) is 11.6 Å². The van der Waals surface area contributed by atoms with Crippen LogP contribution in [-0.2, 0) is 0 Å². The lowest BCUT2D eigenvalue weighted by Gasteiger charge is -1.99. The minimum Gasteiger partial charge on any atom is -0.450 e. The summed E-state index contributed by atoms with van der Waals surface area (Å²) in [5.74, 6) is -2.05. The molecule has 0 spiro atoms. The van der Waals surface area contributed by atoms with Gasteiger partial charge in [0.25, 0.3) is 0 Å². The fourth-order valence-corrected chi connectivity index (χ4v) is 0.947. The summed E-state index contributed by atoms with van der Waals surface area (Å²) >= 11 is 2.80. The van der Waals surface area contributed by atoms with Crippen molar-refractivity contribution in [2.24, 2.45) is 0 Å². The highest BCUT2D eigenvalue weighted by Crippen LogP contribution is 2.15. The van der Waals surface area contributed by atoms with Gasteiger partial charge in [-0.3, -0.25) is 0 Å². The minimum absolute atomic E-state index is 0.0422. The molecule has 0 bridgehead atoms. The zero-order chi connectivity index (χ0) is 8.43. The van der Waals surface area contributed by atoms with Crippen LogP contribution in [-0.4, -0.2) is 12.5 Å². The van der Waals surface area contributed by atoms with Gasteiger partial charge in [0.1, 0.15) is 0 Å². The van der Waals surface area contributed by atoms with Crippen LogP contribution in [0.25, 0.3) is 0 Å². The van der Waals surface area contributed by atoms with Crippen molar-refractivity contribution in [2.45, 2.75) is 0 Å². The molecule has 0 saturated carbocycles. The predicted octanol–water partition coefficient (Wildman–Crippen LogP) is 0.964. The van der Waals surface area contributed by atoms with Crippen molar-refractivity contribution in [3.63, 3.8) is 0 Å². The number of hydrogen-bond donors (Lipinski definition) is 1. The molecule has 0 aliphatic rings. The van der Waals surface area contributed by atoms with Gasteiger partial charge in [-0.25, -0.2) is 8.78 Å². The van der Waals surface area contributed by atoms with Crippen LogP contribution in [0, 0.1) is 11.6 Å². The van der Waals surface area contributed by atoms with E-state index in [4.69, 9.17) is 5.02 Å². The van der Waals surface area contributed by atoms with E-state index in [1.165, 1.54) is 12.1 Å². The predicted molar refractivity (Wildman–Crippen MR) is 41.7 cm³/mol. The highest BCUT2D eigenvalue weighted by molar-refractivity contribution is 9.10. The lowest BCUT2D eigenvalue weighted by molar-refractivity contribution is 0.507. The zero-order valence-electron chi connectivity index (χ0n) is 5.31. The highest BCUT2D eigenvalue weighted by Gasteiger charge is 2.11. The van der Waals surface area contributed by atoms with E-state index < -0.39 is 11.6 Å². The molecule has 0 unspecified atom stereocenters. The average Bonchev–Trinajstić information content (AvgIpc) is 2.01. The van der Waals surface area contributed by atoms with Crippen molar-refractivity contribution in [3.05, 3.63) is 28.2 Å². The van der Waals surface area contributed by atoms with Crippen LogP contribution in [0.4, 0.5) is 8.78 Å². The summed E-state index contributed by atoms with van der Waals surface area (Å²) in [5, 5.41) is 8.39. The second kappa shape index (κ2) is 3.32. The normalized spacial score (nSPS) is 9.82. The Hall–Kier alpha value is -0.415. The first-order valence-corrected chi connectivity index (χ1v) is 3.57. The lowest BCUT2D eigenvalue weighted by Crippen LogP contribution is -2.19. The summed E-state index contributed by atoms with van der Waals surface area (Å²) in [6.45, 7) is 0. The molecule has 0 amide bonds. The molecule has 1 aromatic rings. The largest absolute Gasteiger partial charge is 0.450 e. The molecule has 1 N–H and O–H groups in total. The van der Waals surface area contributed by atoms with Gasteiger partial charge in [0.05, 0.1) is 4.47 Å². The molecule has 0 aliphatic carbocycles. The van der Waals surface area contributed by atoms with E-state index in [1.807, 2.05) is 0 Å². The van der Waals surface area contributed by atoms with E-state index in [2.05, 4.69) is 15.9 Å². The Morgan fingerprint density at radius 2 is 1.91 bits per heavy atom. The highest BCUT2D eigenvalue weighted by atomic mass is 79.9. The summed E-state index contributed by atoms with van der Waals surface area (Å²) in [7, 11) is 0.519. The first-order valence-electron chi connectivity index (χ1n) is 2.77. The van der Waals surface area contributed by atoms with E-state index in [1.54, 1.807) is 0 Å². The van der Waals surface area contributed by atoms with E-state index in [0.29, 0.717) is 7.48 Å². The summed E-state index contributed by atoms with van der Waals surface area (Å²) in [5.41, 5.74) is -0.161. The van der Waals surface area contributed by atoms with Crippen LogP contribution < -0.4 is 5.46 Å². The second-order valence-electron chi connectivity index (χ2n) is 1.89. The van der Waals surface area contributed by atoms with Gasteiger partial charge >= 0.3 is 7.48 Å². The maximum absolute atomic E-state index is 12.7. The molecule has 1 rings (SSSR count). The molecule has 1 nitrogen and oxygen atoms in total. The van der Waals surface area contributed by atoms with Gasteiger partial charge in [-0.15, -0.1) is 0 Å². The Bertz CT molecular complexity index is 280. The van der Waals surface area contributed by atoms with Crippen LogP contribution in [0.1, 0.15) is 0 Å². The van der Waals surface area contributed by atoms with Crippen LogP contribution >= 0.6 is 15.9 Å². The SMILES string of the molecule is O[B]c1ccc(Br)c(F)c1F. The third-order valence-corrected chi connectivity index (χ3v) is 1.82. The van der Waals surface area contributed by atoms with E-state index in [0.717, 1.165) is 0 Å². The topological polar surface area (TPSA) is 20.2 Å². The van der Waals surface area contributed by atoms with Crippen molar-refractivity contribution < 1.29 is 13.8 Å². The standard InChI is InChI=1S/C6H3BBrF2O/c8-4-2-1-3(7-11)5(9)6(4)10/h1-2,11H. The van der Waals surface area contributed by atoms with Crippen molar-refractivity contribution in [3.8, 4) is 0 Å². The van der Waals surface area contributed by atoms with Crippen molar-refractivity contribution in [1.82, 2.24) is 0 Å². The summed E-state index contributed by atoms with van der Waals surface area (Å²) in [6.07, 6.45) is 0. The van der Waals surface area contributed by atoms with E-state index >= 15 is 0 Å². The number of rotatable bonds is 1. The molecule has 11 heavy (non-hydrogen) atoms. The molecule has 0 saturated heterocycles. The van der Waals surface area contributed by atoms with Crippen LogP contribution in [0.5, 0.6) is 0 Å². The monoisotopic (exact) mass is 219 g/mol. The molecule has 1 aromatic carbocycles. The first kappa shape index (κ1) is 8.68. The number of benzene rings is 1.